The first-order chi connectivity index (χ1) is 11.8. The normalized spacial score (nSPS) is 10.7. The van der Waals surface area contributed by atoms with E-state index in [1.54, 1.807) is 6.20 Å². The van der Waals surface area contributed by atoms with Crippen LogP contribution in [-0.4, -0.2) is 24.8 Å². The summed E-state index contributed by atoms with van der Waals surface area (Å²) in [5.74, 6) is 1.66. The summed E-state index contributed by atoms with van der Waals surface area (Å²) < 4.78 is 16.8. The van der Waals surface area contributed by atoms with Gasteiger partial charge >= 0.3 is 0 Å². The van der Waals surface area contributed by atoms with Crippen LogP contribution in [0.15, 0.2) is 60.8 Å². The monoisotopic (exact) mass is 323 g/mol. The Morgan fingerprint density at radius 1 is 0.875 bits per heavy atom. The Morgan fingerprint density at radius 3 is 2.71 bits per heavy atom. The minimum Gasteiger partial charge on any atom is -0.491 e. The lowest BCUT2D eigenvalue weighted by molar-refractivity contribution is 0.110. The lowest BCUT2D eigenvalue weighted by atomic mass is 10.2. The fourth-order valence-electron chi connectivity index (χ4n) is 2.40. The summed E-state index contributed by atoms with van der Waals surface area (Å²) in [6.45, 7) is 4.33. The molecule has 0 bridgehead atoms. The van der Waals surface area contributed by atoms with E-state index in [0.29, 0.717) is 26.4 Å². The summed E-state index contributed by atoms with van der Waals surface area (Å²) in [7, 11) is 0. The molecular formula is C20H21NO3. The summed E-state index contributed by atoms with van der Waals surface area (Å²) >= 11 is 0. The molecule has 4 heteroatoms. The lowest BCUT2D eigenvalue weighted by Gasteiger charge is -2.10. The number of ether oxygens (including phenoxy) is 3. The first-order valence-corrected chi connectivity index (χ1v) is 8.12. The molecule has 1 aromatic heterocycles. The minimum atomic E-state index is 0.494. The third-order valence-corrected chi connectivity index (χ3v) is 3.58. The molecule has 3 aromatic rings. The molecule has 0 aliphatic heterocycles. The van der Waals surface area contributed by atoms with Gasteiger partial charge in [0.25, 0.3) is 0 Å². The van der Waals surface area contributed by atoms with Crippen LogP contribution >= 0.6 is 0 Å². The fourth-order valence-corrected chi connectivity index (χ4v) is 2.40. The van der Waals surface area contributed by atoms with Crippen LogP contribution in [0.3, 0.4) is 0 Å². The molecule has 0 atom stereocenters. The van der Waals surface area contributed by atoms with Crippen LogP contribution in [0.5, 0.6) is 11.5 Å². The molecular weight excluding hydrogens is 302 g/mol. The number of nitrogens with zero attached hydrogens (tertiary/aromatic N) is 1. The number of pyridine rings is 1. The maximum atomic E-state index is 5.89. The zero-order valence-corrected chi connectivity index (χ0v) is 13.8. The van der Waals surface area contributed by atoms with Crippen molar-refractivity contribution in [1.82, 2.24) is 4.98 Å². The van der Waals surface area contributed by atoms with E-state index in [4.69, 9.17) is 14.2 Å². The van der Waals surface area contributed by atoms with E-state index in [2.05, 4.69) is 4.98 Å². The maximum Gasteiger partial charge on any atom is 0.120 e. The van der Waals surface area contributed by atoms with Crippen LogP contribution in [0.1, 0.15) is 12.5 Å². The first-order valence-electron chi connectivity index (χ1n) is 8.12. The Kier molecular flexibility index (Phi) is 5.64. The zero-order valence-electron chi connectivity index (χ0n) is 13.8. The molecule has 1 heterocycles. The molecule has 0 unspecified atom stereocenters. The van der Waals surface area contributed by atoms with Crippen molar-refractivity contribution in [2.24, 2.45) is 0 Å². The van der Waals surface area contributed by atoms with Crippen molar-refractivity contribution >= 4 is 10.9 Å². The molecule has 0 fully saturated rings. The van der Waals surface area contributed by atoms with Crippen molar-refractivity contribution in [3.63, 3.8) is 0 Å². The predicted molar refractivity (Wildman–Crippen MR) is 94.5 cm³/mol. The number of hydrogen-bond donors (Lipinski definition) is 0. The molecule has 0 saturated carbocycles. The topological polar surface area (TPSA) is 40.6 Å². The molecule has 3 rings (SSSR count). The Labute approximate surface area is 142 Å². The number of fused-ring (bicyclic) bond motifs is 1. The van der Waals surface area contributed by atoms with Gasteiger partial charge in [-0.15, -0.1) is 0 Å². The van der Waals surface area contributed by atoms with Crippen molar-refractivity contribution in [3.05, 3.63) is 66.4 Å². The van der Waals surface area contributed by atoms with Gasteiger partial charge in [-0.05, 0) is 48.9 Å². The standard InChI is InChI=1S/C20H21NO3/c1-2-22-11-12-23-18-7-3-5-16(13-18)15-24-19-8-9-20-17(14-19)6-4-10-21-20/h3-10,13-14H,2,11-12,15H2,1H3. The van der Waals surface area contributed by atoms with Crippen LogP contribution in [0.2, 0.25) is 0 Å². The Bertz CT molecular complexity index is 788. The van der Waals surface area contributed by atoms with Gasteiger partial charge in [0.15, 0.2) is 0 Å². The fraction of sp³-hybridized carbons (Fsp3) is 0.250. The third-order valence-electron chi connectivity index (χ3n) is 3.58. The van der Waals surface area contributed by atoms with E-state index in [1.165, 1.54) is 0 Å². The Morgan fingerprint density at radius 2 is 1.79 bits per heavy atom. The second-order valence-electron chi connectivity index (χ2n) is 5.34. The van der Waals surface area contributed by atoms with Crippen molar-refractivity contribution in [2.45, 2.75) is 13.5 Å². The smallest absolute Gasteiger partial charge is 0.120 e. The summed E-state index contributed by atoms with van der Waals surface area (Å²) in [6.07, 6.45) is 1.79. The first kappa shape index (κ1) is 16.3. The largest absolute Gasteiger partial charge is 0.491 e. The second kappa shape index (κ2) is 8.31. The summed E-state index contributed by atoms with van der Waals surface area (Å²) in [4.78, 5) is 4.31. The molecule has 2 aromatic carbocycles. The van der Waals surface area contributed by atoms with Gasteiger partial charge in [-0.1, -0.05) is 18.2 Å². The van der Waals surface area contributed by atoms with Gasteiger partial charge in [-0.3, -0.25) is 4.98 Å². The van der Waals surface area contributed by atoms with Gasteiger partial charge in [-0.25, -0.2) is 0 Å². The van der Waals surface area contributed by atoms with Gasteiger partial charge in [0, 0.05) is 18.2 Å². The highest BCUT2D eigenvalue weighted by molar-refractivity contribution is 5.79. The van der Waals surface area contributed by atoms with E-state index in [-0.39, 0.29) is 0 Å². The molecule has 0 N–H and O–H groups in total. The van der Waals surface area contributed by atoms with Crippen molar-refractivity contribution in [3.8, 4) is 11.5 Å². The summed E-state index contributed by atoms with van der Waals surface area (Å²) in [5, 5.41) is 1.07. The number of rotatable bonds is 8. The van der Waals surface area contributed by atoms with Crippen molar-refractivity contribution in [2.75, 3.05) is 19.8 Å². The highest BCUT2D eigenvalue weighted by Crippen LogP contribution is 2.21. The highest BCUT2D eigenvalue weighted by atomic mass is 16.5. The second-order valence-corrected chi connectivity index (χ2v) is 5.34. The van der Waals surface area contributed by atoms with Crippen LogP contribution in [-0.2, 0) is 11.3 Å². The lowest BCUT2D eigenvalue weighted by Crippen LogP contribution is -2.06. The molecule has 0 aliphatic rings. The molecule has 0 aliphatic carbocycles. The molecule has 0 amide bonds. The molecule has 24 heavy (non-hydrogen) atoms. The van der Waals surface area contributed by atoms with Crippen LogP contribution in [0, 0.1) is 0 Å². The van der Waals surface area contributed by atoms with Gasteiger partial charge in [-0.2, -0.15) is 0 Å². The number of benzene rings is 2. The van der Waals surface area contributed by atoms with E-state index >= 15 is 0 Å². The van der Waals surface area contributed by atoms with Crippen LogP contribution < -0.4 is 9.47 Å². The summed E-state index contributed by atoms with van der Waals surface area (Å²) in [5.41, 5.74) is 2.03. The number of aromatic nitrogens is 1. The minimum absolute atomic E-state index is 0.494. The van der Waals surface area contributed by atoms with Gasteiger partial charge in [0.05, 0.1) is 12.1 Å². The van der Waals surface area contributed by atoms with Crippen molar-refractivity contribution in [1.29, 1.82) is 0 Å². The average Bonchev–Trinajstić information content (AvgIpc) is 2.64. The van der Waals surface area contributed by atoms with E-state index in [0.717, 1.165) is 28.0 Å². The number of hydrogen-bond acceptors (Lipinski definition) is 4. The van der Waals surface area contributed by atoms with Crippen molar-refractivity contribution < 1.29 is 14.2 Å². The van der Waals surface area contributed by atoms with E-state index in [1.807, 2.05) is 61.5 Å². The molecule has 0 spiro atoms. The SMILES string of the molecule is CCOCCOc1cccc(COc2ccc3ncccc3c2)c1. The van der Waals surface area contributed by atoms with Crippen LogP contribution in [0.25, 0.3) is 10.9 Å². The molecule has 0 saturated heterocycles. The third kappa shape index (κ3) is 4.46. The Hall–Kier alpha value is -2.59. The molecule has 0 radical (unpaired) electrons. The van der Waals surface area contributed by atoms with Gasteiger partial charge in [0.1, 0.15) is 24.7 Å². The van der Waals surface area contributed by atoms with Crippen LogP contribution in [0.4, 0.5) is 0 Å². The molecule has 4 nitrogen and oxygen atoms in total. The Balaban J connectivity index is 1.59. The van der Waals surface area contributed by atoms with Gasteiger partial charge < -0.3 is 14.2 Å². The summed E-state index contributed by atoms with van der Waals surface area (Å²) in [6, 6.07) is 17.8. The predicted octanol–water partition coefficient (Wildman–Crippen LogP) is 4.23. The average molecular weight is 323 g/mol. The zero-order chi connectivity index (χ0) is 16.6. The highest BCUT2D eigenvalue weighted by Gasteiger charge is 2.01. The van der Waals surface area contributed by atoms with E-state index < -0.39 is 0 Å². The van der Waals surface area contributed by atoms with Gasteiger partial charge in [0.2, 0.25) is 0 Å². The molecule has 124 valence electrons. The quantitative estimate of drug-likeness (QED) is 0.582. The van der Waals surface area contributed by atoms with E-state index in [9.17, 15) is 0 Å². The maximum absolute atomic E-state index is 5.89.